The van der Waals surface area contributed by atoms with E-state index in [1.807, 2.05) is 31.2 Å². The number of hydrogen-bond donors (Lipinski definition) is 1. The molecular formula is C17H21FN2. The molecule has 2 aromatic carbocycles. The molecule has 0 aliphatic carbocycles. The lowest BCUT2D eigenvalue weighted by Crippen LogP contribution is -2.29. The third-order valence-corrected chi connectivity index (χ3v) is 3.39. The van der Waals surface area contributed by atoms with Gasteiger partial charge in [-0.05, 0) is 35.7 Å². The standard InChI is InChI=1S/C17H21FN2/c1-14-11-17(18)8-7-16(14)13-20(10-9-19)12-15-5-3-2-4-6-15/h2-8,11H,9-10,12-13,19H2,1H3. The maximum Gasteiger partial charge on any atom is 0.123 e. The lowest BCUT2D eigenvalue weighted by Gasteiger charge is -2.22. The Kier molecular flexibility index (Phi) is 5.27. The highest BCUT2D eigenvalue weighted by Crippen LogP contribution is 2.14. The van der Waals surface area contributed by atoms with Crippen molar-refractivity contribution < 1.29 is 4.39 Å². The Balaban J connectivity index is 2.09. The predicted octanol–water partition coefficient (Wildman–Crippen LogP) is 3.10. The SMILES string of the molecule is Cc1cc(F)ccc1CN(CCN)Cc1ccccc1. The summed E-state index contributed by atoms with van der Waals surface area (Å²) >= 11 is 0. The molecule has 0 saturated carbocycles. The van der Waals surface area contributed by atoms with Crippen LogP contribution in [0, 0.1) is 12.7 Å². The van der Waals surface area contributed by atoms with Crippen LogP contribution >= 0.6 is 0 Å². The van der Waals surface area contributed by atoms with Gasteiger partial charge in [0.05, 0.1) is 0 Å². The van der Waals surface area contributed by atoms with Gasteiger partial charge in [0, 0.05) is 26.2 Å². The van der Waals surface area contributed by atoms with Crippen LogP contribution in [0.5, 0.6) is 0 Å². The van der Waals surface area contributed by atoms with Crippen molar-refractivity contribution in [3.8, 4) is 0 Å². The maximum absolute atomic E-state index is 13.1. The van der Waals surface area contributed by atoms with Crippen molar-refractivity contribution in [3.05, 3.63) is 71.0 Å². The molecule has 0 radical (unpaired) electrons. The molecule has 0 saturated heterocycles. The molecule has 106 valence electrons. The van der Waals surface area contributed by atoms with Gasteiger partial charge in [0.1, 0.15) is 5.82 Å². The van der Waals surface area contributed by atoms with Crippen LogP contribution in [0.1, 0.15) is 16.7 Å². The molecule has 0 aliphatic rings. The minimum atomic E-state index is -0.181. The van der Waals surface area contributed by atoms with E-state index in [-0.39, 0.29) is 5.82 Å². The molecule has 0 spiro atoms. The van der Waals surface area contributed by atoms with Crippen molar-refractivity contribution >= 4 is 0 Å². The van der Waals surface area contributed by atoms with E-state index in [1.54, 1.807) is 6.07 Å². The number of nitrogens with two attached hydrogens (primary N) is 1. The van der Waals surface area contributed by atoms with E-state index in [4.69, 9.17) is 5.73 Å². The zero-order valence-corrected chi connectivity index (χ0v) is 11.8. The highest BCUT2D eigenvalue weighted by atomic mass is 19.1. The number of hydrogen-bond acceptors (Lipinski definition) is 2. The summed E-state index contributed by atoms with van der Waals surface area (Å²) in [6, 6.07) is 15.3. The summed E-state index contributed by atoms with van der Waals surface area (Å²) < 4.78 is 13.1. The van der Waals surface area contributed by atoms with Gasteiger partial charge >= 0.3 is 0 Å². The first-order valence-electron chi connectivity index (χ1n) is 6.90. The first kappa shape index (κ1) is 14.7. The third-order valence-electron chi connectivity index (χ3n) is 3.39. The van der Waals surface area contributed by atoms with E-state index >= 15 is 0 Å². The Morgan fingerprint density at radius 1 is 1.05 bits per heavy atom. The lowest BCUT2D eigenvalue weighted by molar-refractivity contribution is 0.264. The van der Waals surface area contributed by atoms with Gasteiger partial charge in [-0.2, -0.15) is 0 Å². The molecule has 2 aromatic rings. The van der Waals surface area contributed by atoms with E-state index in [1.165, 1.54) is 11.6 Å². The highest BCUT2D eigenvalue weighted by Gasteiger charge is 2.08. The zero-order chi connectivity index (χ0) is 14.4. The Morgan fingerprint density at radius 2 is 1.80 bits per heavy atom. The van der Waals surface area contributed by atoms with Crippen LogP contribution in [0.15, 0.2) is 48.5 Å². The summed E-state index contributed by atoms with van der Waals surface area (Å²) in [5.41, 5.74) is 9.10. The average molecular weight is 272 g/mol. The molecule has 0 heterocycles. The van der Waals surface area contributed by atoms with Crippen molar-refractivity contribution in [1.29, 1.82) is 0 Å². The number of nitrogens with zero attached hydrogens (tertiary/aromatic N) is 1. The molecule has 2 rings (SSSR count). The molecule has 2 N–H and O–H groups in total. The fourth-order valence-electron chi connectivity index (χ4n) is 2.32. The third kappa shape index (κ3) is 4.15. The number of rotatable bonds is 6. The number of benzene rings is 2. The van der Waals surface area contributed by atoms with Gasteiger partial charge in [0.15, 0.2) is 0 Å². The van der Waals surface area contributed by atoms with E-state index in [2.05, 4.69) is 17.0 Å². The summed E-state index contributed by atoms with van der Waals surface area (Å²) in [4.78, 5) is 2.29. The van der Waals surface area contributed by atoms with Crippen LogP contribution in [0.3, 0.4) is 0 Å². The second-order valence-electron chi connectivity index (χ2n) is 5.06. The van der Waals surface area contributed by atoms with E-state index in [0.717, 1.165) is 30.8 Å². The minimum absolute atomic E-state index is 0.181. The Labute approximate surface area is 120 Å². The van der Waals surface area contributed by atoms with E-state index < -0.39 is 0 Å². The van der Waals surface area contributed by atoms with Gasteiger partial charge in [-0.3, -0.25) is 4.90 Å². The van der Waals surface area contributed by atoms with Crippen LogP contribution in [0.2, 0.25) is 0 Å². The molecule has 0 unspecified atom stereocenters. The number of aryl methyl sites for hydroxylation is 1. The van der Waals surface area contributed by atoms with Gasteiger partial charge < -0.3 is 5.73 Å². The first-order valence-corrected chi connectivity index (χ1v) is 6.90. The van der Waals surface area contributed by atoms with Crippen molar-refractivity contribution in [2.24, 2.45) is 5.73 Å². The van der Waals surface area contributed by atoms with Crippen LogP contribution in [0.25, 0.3) is 0 Å². The molecule has 0 fully saturated rings. The van der Waals surface area contributed by atoms with E-state index in [9.17, 15) is 4.39 Å². The molecular weight excluding hydrogens is 251 g/mol. The fourth-order valence-corrected chi connectivity index (χ4v) is 2.32. The van der Waals surface area contributed by atoms with Gasteiger partial charge in [0.2, 0.25) is 0 Å². The van der Waals surface area contributed by atoms with Gasteiger partial charge in [0.25, 0.3) is 0 Å². The lowest BCUT2D eigenvalue weighted by atomic mass is 10.1. The Morgan fingerprint density at radius 3 is 2.45 bits per heavy atom. The van der Waals surface area contributed by atoms with Crippen molar-refractivity contribution in [2.45, 2.75) is 20.0 Å². The molecule has 0 amide bonds. The molecule has 0 aromatic heterocycles. The average Bonchev–Trinajstić information content (AvgIpc) is 2.43. The van der Waals surface area contributed by atoms with Crippen LogP contribution < -0.4 is 5.73 Å². The molecule has 20 heavy (non-hydrogen) atoms. The monoisotopic (exact) mass is 272 g/mol. The molecule has 0 aliphatic heterocycles. The molecule has 2 nitrogen and oxygen atoms in total. The summed E-state index contributed by atoms with van der Waals surface area (Å²) in [5, 5.41) is 0. The predicted molar refractivity (Wildman–Crippen MR) is 80.7 cm³/mol. The molecule has 0 atom stereocenters. The quantitative estimate of drug-likeness (QED) is 0.875. The van der Waals surface area contributed by atoms with Crippen LogP contribution in [0.4, 0.5) is 4.39 Å². The second kappa shape index (κ2) is 7.17. The topological polar surface area (TPSA) is 29.3 Å². The highest BCUT2D eigenvalue weighted by molar-refractivity contribution is 5.26. The fraction of sp³-hybridized carbons (Fsp3) is 0.294. The summed E-state index contributed by atoms with van der Waals surface area (Å²) in [7, 11) is 0. The van der Waals surface area contributed by atoms with Gasteiger partial charge in [-0.15, -0.1) is 0 Å². The second-order valence-corrected chi connectivity index (χ2v) is 5.06. The number of halogens is 1. The molecule has 3 heteroatoms. The zero-order valence-electron chi connectivity index (χ0n) is 11.8. The van der Waals surface area contributed by atoms with Gasteiger partial charge in [-0.25, -0.2) is 4.39 Å². The molecule has 0 bridgehead atoms. The minimum Gasteiger partial charge on any atom is -0.329 e. The van der Waals surface area contributed by atoms with Crippen LogP contribution in [-0.2, 0) is 13.1 Å². The van der Waals surface area contributed by atoms with Gasteiger partial charge in [-0.1, -0.05) is 36.4 Å². The summed E-state index contributed by atoms with van der Waals surface area (Å²) in [6.07, 6.45) is 0. The van der Waals surface area contributed by atoms with Crippen LogP contribution in [-0.4, -0.2) is 18.0 Å². The summed E-state index contributed by atoms with van der Waals surface area (Å²) in [5.74, 6) is -0.181. The Bertz CT molecular complexity index is 540. The van der Waals surface area contributed by atoms with Crippen molar-refractivity contribution in [1.82, 2.24) is 4.90 Å². The first-order chi connectivity index (χ1) is 9.69. The largest absolute Gasteiger partial charge is 0.329 e. The van der Waals surface area contributed by atoms with E-state index in [0.29, 0.717) is 6.54 Å². The maximum atomic E-state index is 13.1. The smallest absolute Gasteiger partial charge is 0.123 e. The van der Waals surface area contributed by atoms with Crippen molar-refractivity contribution in [3.63, 3.8) is 0 Å². The Hall–Kier alpha value is -1.71. The summed E-state index contributed by atoms with van der Waals surface area (Å²) in [6.45, 7) is 5.04. The normalized spacial score (nSPS) is 11.0. The van der Waals surface area contributed by atoms with Crippen molar-refractivity contribution in [2.75, 3.05) is 13.1 Å².